The zero-order chi connectivity index (χ0) is 28.2. The van der Waals surface area contributed by atoms with E-state index < -0.39 is 42.0 Å². The van der Waals surface area contributed by atoms with Crippen LogP contribution < -0.4 is 0 Å². The molecule has 0 N–H and O–H groups in total. The smallest absolute Gasteiger partial charge is 0.383 e. The summed E-state index contributed by atoms with van der Waals surface area (Å²) in [5.74, 6) is -1.79. The highest BCUT2D eigenvalue weighted by Crippen LogP contribution is 2.35. The number of rotatable bonds is 8. The molecule has 11 heteroatoms. The Labute approximate surface area is 227 Å². The number of ether oxygens (including phenoxy) is 1. The van der Waals surface area contributed by atoms with Crippen molar-refractivity contribution in [3.8, 4) is 0 Å². The van der Waals surface area contributed by atoms with E-state index in [1.165, 1.54) is 19.2 Å². The number of nitrogens with zero attached hydrogens (tertiary/aromatic N) is 3. The summed E-state index contributed by atoms with van der Waals surface area (Å²) >= 11 is 6.35. The van der Waals surface area contributed by atoms with Crippen molar-refractivity contribution in [2.45, 2.75) is 18.6 Å². The number of carbonyl (C=O) groups excluding carboxylic acids is 2. The molecule has 1 aliphatic heterocycles. The fourth-order valence-electron chi connectivity index (χ4n) is 4.26. The van der Waals surface area contributed by atoms with Crippen molar-refractivity contribution < 1.29 is 31.9 Å². The van der Waals surface area contributed by atoms with E-state index in [-0.39, 0.29) is 30.7 Å². The first-order chi connectivity index (χ1) is 18.6. The molecule has 39 heavy (non-hydrogen) atoms. The van der Waals surface area contributed by atoms with E-state index in [1.807, 2.05) is 0 Å². The van der Waals surface area contributed by atoms with E-state index in [0.717, 1.165) is 34.2 Å². The minimum Gasteiger partial charge on any atom is -0.383 e. The molecule has 0 saturated carbocycles. The largest absolute Gasteiger partial charge is 0.416 e. The number of hydrazone groups is 1. The Morgan fingerprint density at radius 3 is 2.36 bits per heavy atom. The van der Waals surface area contributed by atoms with Gasteiger partial charge in [-0.25, -0.2) is 9.40 Å². The monoisotopic (exact) mass is 561 g/mol. The third-order valence-electron chi connectivity index (χ3n) is 6.25. The zero-order valence-electron chi connectivity index (χ0n) is 20.8. The molecule has 6 nitrogen and oxygen atoms in total. The summed E-state index contributed by atoms with van der Waals surface area (Å²) in [6.45, 7) is -0.403. The second-order valence-electron chi connectivity index (χ2n) is 8.80. The van der Waals surface area contributed by atoms with E-state index in [4.69, 9.17) is 16.3 Å². The topological polar surface area (TPSA) is 62.2 Å². The highest BCUT2D eigenvalue weighted by atomic mass is 35.5. The standard InChI is InChI=1S/C28H24ClF4N3O3/c1-39-15-14-35(27(38)18-10-12-19(13-11-18)28(31,32)33)17-26(37)36-25(21-7-3-5-9-23(21)30)16-24(34-36)20-6-2-4-8-22(20)29/h2-13,25H,14-17H2,1H3. The molecule has 2 amide bonds. The average molecular weight is 562 g/mol. The van der Waals surface area contributed by atoms with Crippen LogP contribution >= 0.6 is 11.6 Å². The number of amides is 2. The summed E-state index contributed by atoms with van der Waals surface area (Å²) in [5, 5.41) is 6.03. The van der Waals surface area contributed by atoms with Crippen LogP contribution in [-0.4, -0.2) is 54.2 Å². The maximum atomic E-state index is 14.8. The van der Waals surface area contributed by atoms with E-state index in [1.54, 1.807) is 36.4 Å². The van der Waals surface area contributed by atoms with Gasteiger partial charge in [0.2, 0.25) is 0 Å². The summed E-state index contributed by atoms with van der Waals surface area (Å²) in [6, 6.07) is 15.9. The van der Waals surface area contributed by atoms with Crippen molar-refractivity contribution in [2.24, 2.45) is 5.10 Å². The maximum absolute atomic E-state index is 14.8. The molecule has 0 fully saturated rings. The number of carbonyl (C=O) groups is 2. The average Bonchev–Trinajstić information content (AvgIpc) is 3.36. The highest BCUT2D eigenvalue weighted by Gasteiger charge is 2.36. The van der Waals surface area contributed by atoms with Gasteiger partial charge in [0, 0.05) is 41.8 Å². The Morgan fingerprint density at radius 2 is 1.72 bits per heavy atom. The molecule has 0 spiro atoms. The van der Waals surface area contributed by atoms with Gasteiger partial charge in [-0.1, -0.05) is 48.0 Å². The molecule has 4 rings (SSSR count). The number of benzene rings is 3. The fourth-order valence-corrected chi connectivity index (χ4v) is 4.50. The van der Waals surface area contributed by atoms with Crippen molar-refractivity contribution >= 4 is 29.1 Å². The minimum atomic E-state index is -4.55. The Bertz CT molecular complexity index is 1380. The van der Waals surface area contributed by atoms with Crippen LogP contribution in [0.5, 0.6) is 0 Å². The highest BCUT2D eigenvalue weighted by molar-refractivity contribution is 6.34. The summed E-state index contributed by atoms with van der Waals surface area (Å²) < 4.78 is 58.8. The van der Waals surface area contributed by atoms with E-state index in [0.29, 0.717) is 16.3 Å². The Hall–Kier alpha value is -3.76. The van der Waals surface area contributed by atoms with Crippen LogP contribution in [0.25, 0.3) is 0 Å². The lowest BCUT2D eigenvalue weighted by molar-refractivity contribution is -0.137. The summed E-state index contributed by atoms with van der Waals surface area (Å²) in [6.07, 6.45) is -4.37. The summed E-state index contributed by atoms with van der Waals surface area (Å²) in [7, 11) is 1.41. The maximum Gasteiger partial charge on any atom is 0.416 e. The van der Waals surface area contributed by atoms with Crippen LogP contribution in [0.3, 0.4) is 0 Å². The molecule has 0 radical (unpaired) electrons. The van der Waals surface area contributed by atoms with Crippen molar-refractivity contribution in [2.75, 3.05) is 26.8 Å². The normalized spacial score (nSPS) is 15.3. The van der Waals surface area contributed by atoms with Gasteiger partial charge in [0.25, 0.3) is 11.8 Å². The molecule has 0 aromatic heterocycles. The van der Waals surface area contributed by atoms with Crippen molar-refractivity contribution in [3.05, 3.63) is 106 Å². The van der Waals surface area contributed by atoms with Crippen LogP contribution in [0.2, 0.25) is 5.02 Å². The quantitative estimate of drug-likeness (QED) is 0.319. The summed E-state index contributed by atoms with van der Waals surface area (Å²) in [5.41, 5.74) is 0.380. The lowest BCUT2D eigenvalue weighted by Gasteiger charge is -2.27. The van der Waals surface area contributed by atoms with Crippen molar-refractivity contribution in [1.82, 2.24) is 9.91 Å². The lowest BCUT2D eigenvalue weighted by atomic mass is 9.98. The third kappa shape index (κ3) is 6.46. The van der Waals surface area contributed by atoms with Crippen LogP contribution in [0.1, 0.15) is 39.5 Å². The Balaban J connectivity index is 1.64. The molecular weight excluding hydrogens is 538 g/mol. The molecule has 1 heterocycles. The van der Waals surface area contributed by atoms with Crippen molar-refractivity contribution in [1.29, 1.82) is 0 Å². The minimum absolute atomic E-state index is 0.0125. The zero-order valence-corrected chi connectivity index (χ0v) is 21.5. The molecule has 3 aromatic rings. The molecule has 204 valence electrons. The molecule has 0 saturated heterocycles. The molecule has 1 unspecified atom stereocenters. The molecule has 3 aromatic carbocycles. The molecule has 0 aliphatic carbocycles. The number of halogens is 5. The first-order valence-electron chi connectivity index (χ1n) is 11.9. The fraction of sp³-hybridized carbons (Fsp3) is 0.250. The first kappa shape index (κ1) is 28.3. The number of hydrogen-bond donors (Lipinski definition) is 0. The van der Waals surface area contributed by atoms with E-state index >= 15 is 0 Å². The van der Waals surface area contributed by atoms with Crippen LogP contribution in [0, 0.1) is 5.82 Å². The van der Waals surface area contributed by atoms with Crippen molar-refractivity contribution in [3.63, 3.8) is 0 Å². The third-order valence-corrected chi connectivity index (χ3v) is 6.58. The van der Waals surface area contributed by atoms with Gasteiger partial charge in [-0.3, -0.25) is 9.59 Å². The summed E-state index contributed by atoms with van der Waals surface area (Å²) in [4.78, 5) is 27.9. The predicted octanol–water partition coefficient (Wildman–Crippen LogP) is 5.96. The van der Waals surface area contributed by atoms with Gasteiger partial charge in [0.15, 0.2) is 0 Å². The Kier molecular flexibility index (Phi) is 8.66. The second-order valence-corrected chi connectivity index (χ2v) is 9.21. The Morgan fingerprint density at radius 1 is 1.05 bits per heavy atom. The van der Waals surface area contributed by atoms with Crippen LogP contribution in [0.4, 0.5) is 17.6 Å². The molecule has 0 bridgehead atoms. The number of hydrogen-bond acceptors (Lipinski definition) is 4. The van der Waals surface area contributed by atoms with Gasteiger partial charge in [-0.2, -0.15) is 18.3 Å². The molecule has 1 aliphatic rings. The lowest BCUT2D eigenvalue weighted by Crippen LogP contribution is -2.42. The number of methoxy groups -OCH3 is 1. The SMILES string of the molecule is COCCN(CC(=O)N1N=C(c2ccccc2Cl)CC1c1ccccc1F)C(=O)c1ccc(C(F)(F)F)cc1. The van der Waals surface area contributed by atoms with Gasteiger partial charge < -0.3 is 9.64 Å². The van der Waals surface area contributed by atoms with Crippen LogP contribution in [0.15, 0.2) is 77.9 Å². The van der Waals surface area contributed by atoms with Gasteiger partial charge >= 0.3 is 6.18 Å². The van der Waals surface area contributed by atoms with Crippen LogP contribution in [-0.2, 0) is 15.7 Å². The first-order valence-corrected chi connectivity index (χ1v) is 12.3. The van der Waals surface area contributed by atoms with Gasteiger partial charge in [0.1, 0.15) is 12.4 Å². The van der Waals surface area contributed by atoms with Gasteiger partial charge in [-0.05, 0) is 36.4 Å². The van der Waals surface area contributed by atoms with E-state index in [2.05, 4.69) is 5.10 Å². The molecule has 1 atom stereocenters. The second kappa shape index (κ2) is 12.0. The van der Waals surface area contributed by atoms with Gasteiger partial charge in [-0.15, -0.1) is 0 Å². The molecular formula is C28H24ClF4N3O3. The van der Waals surface area contributed by atoms with E-state index in [9.17, 15) is 27.2 Å². The van der Waals surface area contributed by atoms with Gasteiger partial charge in [0.05, 0.1) is 23.9 Å². The predicted molar refractivity (Wildman–Crippen MR) is 138 cm³/mol. The number of alkyl halides is 3.